The lowest BCUT2D eigenvalue weighted by atomic mass is 9.94. The molecule has 3 aromatic carbocycles. The van der Waals surface area contributed by atoms with Crippen molar-refractivity contribution in [2.24, 2.45) is 0 Å². The minimum Gasteiger partial charge on any atom is -0.507 e. The second-order valence-corrected chi connectivity index (χ2v) is 9.85. The molecule has 8 heteroatoms. The molecule has 2 heterocycles. The van der Waals surface area contributed by atoms with E-state index in [1.165, 1.54) is 12.0 Å². The van der Waals surface area contributed by atoms with Crippen molar-refractivity contribution in [3.63, 3.8) is 0 Å². The van der Waals surface area contributed by atoms with Crippen LogP contribution in [0.25, 0.3) is 5.76 Å². The van der Waals surface area contributed by atoms with E-state index < -0.39 is 17.7 Å². The van der Waals surface area contributed by atoms with E-state index in [9.17, 15) is 14.7 Å². The van der Waals surface area contributed by atoms with Gasteiger partial charge in [0, 0.05) is 25.6 Å². The molecule has 0 spiro atoms. The number of amides is 1. The lowest BCUT2D eigenvalue weighted by Gasteiger charge is -2.26. The first-order chi connectivity index (χ1) is 19.4. The van der Waals surface area contributed by atoms with Gasteiger partial charge < -0.3 is 29.0 Å². The number of methoxy groups -OCH3 is 1. The highest BCUT2D eigenvalue weighted by Gasteiger charge is 2.46. The predicted molar refractivity (Wildman–Crippen MR) is 150 cm³/mol. The number of benzene rings is 3. The third-order valence-electron chi connectivity index (χ3n) is 7.07. The van der Waals surface area contributed by atoms with Crippen molar-refractivity contribution < 1.29 is 33.6 Å². The third kappa shape index (κ3) is 5.40. The number of hydrogen-bond acceptors (Lipinski definition) is 7. The SMILES string of the molecule is CCOc1cc([C@H]2C(=C(O)c3ccc4c(c3)C[C@@H](C)O4)C(=O)C(=O)N2CCOC)ccc1OCc1ccccc1. The Hall–Kier alpha value is -4.30. The predicted octanol–water partition coefficient (Wildman–Crippen LogP) is 5.06. The van der Waals surface area contributed by atoms with Crippen molar-refractivity contribution in [2.45, 2.75) is 39.0 Å². The minimum atomic E-state index is -0.832. The fraction of sp³-hybridized carbons (Fsp3) is 0.312. The molecule has 5 rings (SSSR count). The standard InChI is InChI=1S/C32H33NO7/c1-4-38-27-18-22(10-13-26(27)39-19-21-8-6-5-7-9-21)29-28(31(35)32(36)33(29)14-15-37-3)30(34)23-11-12-25-24(17-23)16-20(2)40-25/h5-13,17-18,20,29,34H,4,14-16,19H2,1-3H3/t20-,29+/m1/s1. The zero-order valence-corrected chi connectivity index (χ0v) is 22.9. The maximum absolute atomic E-state index is 13.4. The molecule has 0 bridgehead atoms. The highest BCUT2D eigenvalue weighted by atomic mass is 16.5. The summed E-state index contributed by atoms with van der Waals surface area (Å²) in [7, 11) is 1.53. The number of aliphatic hydroxyl groups is 1. The second kappa shape index (κ2) is 11.8. The molecule has 3 aromatic rings. The van der Waals surface area contributed by atoms with Crippen LogP contribution in [-0.2, 0) is 27.4 Å². The Bertz CT molecular complexity index is 1430. The second-order valence-electron chi connectivity index (χ2n) is 9.85. The summed E-state index contributed by atoms with van der Waals surface area (Å²) in [6.45, 7) is 5.00. The van der Waals surface area contributed by atoms with E-state index in [0.717, 1.165) is 16.9 Å². The highest BCUT2D eigenvalue weighted by molar-refractivity contribution is 6.46. The van der Waals surface area contributed by atoms with E-state index in [1.807, 2.05) is 50.2 Å². The number of likely N-dealkylation sites (tertiary alicyclic amines) is 1. The van der Waals surface area contributed by atoms with Crippen molar-refractivity contribution >= 4 is 17.4 Å². The number of nitrogens with zero attached hydrogens (tertiary/aromatic N) is 1. The van der Waals surface area contributed by atoms with Crippen LogP contribution in [0, 0.1) is 0 Å². The van der Waals surface area contributed by atoms with E-state index in [0.29, 0.717) is 42.3 Å². The summed E-state index contributed by atoms with van der Waals surface area (Å²) < 4.78 is 23.0. The number of fused-ring (bicyclic) bond motifs is 1. The van der Waals surface area contributed by atoms with Gasteiger partial charge >= 0.3 is 0 Å². The summed E-state index contributed by atoms with van der Waals surface area (Å²) in [5.74, 6) is 0.115. The molecule has 2 aliphatic rings. The summed E-state index contributed by atoms with van der Waals surface area (Å²) in [6.07, 6.45) is 0.733. The fourth-order valence-electron chi connectivity index (χ4n) is 5.19. The first-order valence-corrected chi connectivity index (χ1v) is 13.4. The molecule has 2 atom stereocenters. The van der Waals surface area contributed by atoms with Gasteiger partial charge in [-0.15, -0.1) is 0 Å². The lowest BCUT2D eigenvalue weighted by Crippen LogP contribution is -2.32. The third-order valence-corrected chi connectivity index (χ3v) is 7.07. The average molecular weight is 544 g/mol. The van der Waals surface area contributed by atoms with Crippen LogP contribution >= 0.6 is 0 Å². The smallest absolute Gasteiger partial charge is 0.295 e. The van der Waals surface area contributed by atoms with E-state index in [4.69, 9.17) is 18.9 Å². The Morgan fingerprint density at radius 1 is 1.02 bits per heavy atom. The highest BCUT2D eigenvalue weighted by Crippen LogP contribution is 2.43. The summed E-state index contributed by atoms with van der Waals surface area (Å²) in [5.41, 5.74) is 3.05. The average Bonchev–Trinajstić information content (AvgIpc) is 3.46. The molecule has 1 saturated heterocycles. The molecule has 40 heavy (non-hydrogen) atoms. The normalized spacial score (nSPS) is 19.4. The molecule has 0 saturated carbocycles. The van der Waals surface area contributed by atoms with Gasteiger partial charge in [-0.1, -0.05) is 36.4 Å². The zero-order valence-electron chi connectivity index (χ0n) is 22.9. The molecule has 0 radical (unpaired) electrons. The molecule has 1 fully saturated rings. The molecule has 0 aliphatic carbocycles. The van der Waals surface area contributed by atoms with Crippen LogP contribution < -0.4 is 14.2 Å². The number of rotatable bonds is 10. The molecule has 8 nitrogen and oxygen atoms in total. The van der Waals surface area contributed by atoms with Gasteiger partial charge in [0.1, 0.15) is 24.2 Å². The van der Waals surface area contributed by atoms with Gasteiger partial charge in [0.15, 0.2) is 11.5 Å². The Morgan fingerprint density at radius 3 is 2.58 bits per heavy atom. The number of carbonyl (C=O) groups is 2. The first kappa shape index (κ1) is 27.3. The summed E-state index contributed by atoms with van der Waals surface area (Å²) >= 11 is 0. The lowest BCUT2D eigenvalue weighted by molar-refractivity contribution is -0.140. The number of ether oxygens (including phenoxy) is 4. The van der Waals surface area contributed by atoms with Crippen molar-refractivity contribution in [1.29, 1.82) is 0 Å². The largest absolute Gasteiger partial charge is 0.507 e. The zero-order chi connectivity index (χ0) is 28.2. The van der Waals surface area contributed by atoms with E-state index in [2.05, 4.69) is 0 Å². The van der Waals surface area contributed by atoms with Gasteiger partial charge in [-0.25, -0.2) is 0 Å². The van der Waals surface area contributed by atoms with Crippen molar-refractivity contribution in [2.75, 3.05) is 26.9 Å². The quantitative estimate of drug-likeness (QED) is 0.217. The molecule has 0 aromatic heterocycles. The van der Waals surface area contributed by atoms with E-state index >= 15 is 0 Å². The number of ketones is 1. The van der Waals surface area contributed by atoms with Gasteiger partial charge in [-0.3, -0.25) is 9.59 Å². The van der Waals surface area contributed by atoms with Crippen LogP contribution in [0.15, 0.2) is 72.3 Å². The van der Waals surface area contributed by atoms with Gasteiger partial charge in [-0.05, 0) is 60.9 Å². The maximum atomic E-state index is 13.4. The molecule has 0 unspecified atom stereocenters. The summed E-state index contributed by atoms with van der Waals surface area (Å²) in [5, 5.41) is 11.5. The number of hydrogen-bond donors (Lipinski definition) is 1. The Balaban J connectivity index is 1.55. The Kier molecular flexibility index (Phi) is 8.07. The molecule has 2 aliphatic heterocycles. The Labute approximate surface area is 233 Å². The van der Waals surface area contributed by atoms with E-state index in [-0.39, 0.29) is 30.6 Å². The first-order valence-electron chi connectivity index (χ1n) is 13.4. The summed E-state index contributed by atoms with van der Waals surface area (Å²) in [6, 6.07) is 19.6. The Morgan fingerprint density at radius 2 is 1.82 bits per heavy atom. The number of aliphatic hydroxyl groups excluding tert-OH is 1. The van der Waals surface area contributed by atoms with Crippen LogP contribution in [0.5, 0.6) is 17.2 Å². The van der Waals surface area contributed by atoms with Crippen LogP contribution in [0.1, 0.15) is 42.1 Å². The molecule has 1 amide bonds. The van der Waals surface area contributed by atoms with Gasteiger partial charge in [-0.2, -0.15) is 0 Å². The summed E-state index contributed by atoms with van der Waals surface area (Å²) in [4.78, 5) is 28.0. The molecular formula is C32H33NO7. The maximum Gasteiger partial charge on any atom is 0.295 e. The van der Waals surface area contributed by atoms with Crippen LogP contribution in [-0.4, -0.2) is 54.7 Å². The molecular weight excluding hydrogens is 510 g/mol. The van der Waals surface area contributed by atoms with Gasteiger partial charge in [0.05, 0.1) is 24.8 Å². The van der Waals surface area contributed by atoms with Crippen LogP contribution in [0.4, 0.5) is 0 Å². The fourth-order valence-corrected chi connectivity index (χ4v) is 5.19. The topological polar surface area (TPSA) is 94.5 Å². The minimum absolute atomic E-state index is 0.0217. The van der Waals surface area contributed by atoms with E-state index in [1.54, 1.807) is 30.3 Å². The number of carbonyl (C=O) groups excluding carboxylic acids is 2. The van der Waals surface area contributed by atoms with Crippen LogP contribution in [0.3, 0.4) is 0 Å². The van der Waals surface area contributed by atoms with Crippen molar-refractivity contribution in [3.05, 3.63) is 94.6 Å². The van der Waals surface area contributed by atoms with Crippen molar-refractivity contribution in [1.82, 2.24) is 4.90 Å². The van der Waals surface area contributed by atoms with Crippen molar-refractivity contribution in [3.8, 4) is 17.2 Å². The van der Waals surface area contributed by atoms with Gasteiger partial charge in [0.2, 0.25) is 0 Å². The number of Topliss-reactive ketones (excluding diaryl/α,β-unsaturated/α-hetero) is 1. The molecule has 208 valence electrons. The van der Waals surface area contributed by atoms with Crippen LogP contribution in [0.2, 0.25) is 0 Å². The monoisotopic (exact) mass is 543 g/mol. The molecule has 1 N–H and O–H groups in total. The van der Waals surface area contributed by atoms with Gasteiger partial charge in [0.25, 0.3) is 11.7 Å².